The molecule has 0 radical (unpaired) electrons. The first-order chi connectivity index (χ1) is 7.99. The van der Waals surface area contributed by atoms with Crippen molar-refractivity contribution in [2.24, 2.45) is 7.05 Å². The lowest BCUT2D eigenvalue weighted by molar-refractivity contribution is 0.209. The fourth-order valence-electron chi connectivity index (χ4n) is 2.10. The van der Waals surface area contributed by atoms with E-state index >= 15 is 0 Å². The van der Waals surface area contributed by atoms with Gasteiger partial charge in [-0.25, -0.2) is 0 Å². The fraction of sp³-hybridized carbons (Fsp3) is 0.357. The summed E-state index contributed by atoms with van der Waals surface area (Å²) in [4.78, 5) is 0. The van der Waals surface area contributed by atoms with Crippen LogP contribution in [0.4, 0.5) is 0 Å². The van der Waals surface area contributed by atoms with Gasteiger partial charge in [0, 0.05) is 7.05 Å². The van der Waals surface area contributed by atoms with Gasteiger partial charge in [0.05, 0.1) is 11.4 Å². The molecule has 1 aromatic carbocycles. The zero-order chi connectivity index (χ0) is 12.6. The van der Waals surface area contributed by atoms with Crippen molar-refractivity contribution in [3.63, 3.8) is 0 Å². The summed E-state index contributed by atoms with van der Waals surface area (Å²) in [5.74, 6) is 0. The van der Waals surface area contributed by atoms with Gasteiger partial charge in [0.25, 0.3) is 0 Å². The lowest BCUT2D eigenvalue weighted by Gasteiger charge is -2.14. The molecule has 0 aliphatic heterocycles. The molecule has 2 rings (SSSR count). The van der Waals surface area contributed by atoms with Crippen LogP contribution in [0, 0.1) is 20.8 Å². The average Bonchev–Trinajstić information content (AvgIpc) is 2.60. The molecule has 1 heterocycles. The quantitative estimate of drug-likeness (QED) is 0.860. The highest BCUT2D eigenvalue weighted by molar-refractivity contribution is 5.36. The summed E-state index contributed by atoms with van der Waals surface area (Å²) in [5.41, 5.74) is 4.96. The minimum Gasteiger partial charge on any atom is -0.382 e. The van der Waals surface area contributed by atoms with Crippen molar-refractivity contribution in [2.45, 2.75) is 26.9 Å². The Kier molecular flexibility index (Phi) is 3.03. The highest BCUT2D eigenvalue weighted by Gasteiger charge is 2.17. The van der Waals surface area contributed by atoms with Crippen LogP contribution in [0.5, 0.6) is 0 Å². The molecule has 3 heteroatoms. The van der Waals surface area contributed by atoms with Crippen LogP contribution >= 0.6 is 0 Å². The largest absolute Gasteiger partial charge is 0.382 e. The van der Waals surface area contributed by atoms with Crippen molar-refractivity contribution in [3.05, 3.63) is 52.3 Å². The Morgan fingerprint density at radius 1 is 1.18 bits per heavy atom. The maximum absolute atomic E-state index is 10.4. The predicted molar refractivity (Wildman–Crippen MR) is 67.9 cm³/mol. The molecule has 1 atom stereocenters. The van der Waals surface area contributed by atoms with Crippen LogP contribution in [0.1, 0.15) is 34.2 Å². The lowest BCUT2D eigenvalue weighted by atomic mass is 9.99. The Morgan fingerprint density at radius 2 is 1.88 bits per heavy atom. The molecule has 0 bridgehead atoms. The number of hydrogen-bond acceptors (Lipinski definition) is 2. The molecule has 0 aliphatic carbocycles. The normalized spacial score (nSPS) is 12.8. The molecule has 2 aromatic rings. The van der Waals surface area contributed by atoms with Gasteiger partial charge < -0.3 is 5.11 Å². The van der Waals surface area contributed by atoms with Crippen LogP contribution < -0.4 is 0 Å². The number of nitrogens with zero attached hydrogens (tertiary/aromatic N) is 2. The Balaban J connectivity index is 2.46. The van der Waals surface area contributed by atoms with Gasteiger partial charge in [-0.2, -0.15) is 5.10 Å². The van der Waals surface area contributed by atoms with E-state index in [1.165, 1.54) is 0 Å². The molecule has 1 aromatic heterocycles. The van der Waals surface area contributed by atoms with E-state index in [4.69, 9.17) is 0 Å². The van der Waals surface area contributed by atoms with Crippen molar-refractivity contribution < 1.29 is 5.11 Å². The fourth-order valence-corrected chi connectivity index (χ4v) is 2.10. The first-order valence-corrected chi connectivity index (χ1v) is 5.75. The smallest absolute Gasteiger partial charge is 0.121 e. The van der Waals surface area contributed by atoms with Gasteiger partial charge in [-0.3, -0.25) is 4.68 Å². The van der Waals surface area contributed by atoms with E-state index in [0.29, 0.717) is 0 Å². The van der Waals surface area contributed by atoms with Crippen molar-refractivity contribution in [1.82, 2.24) is 9.78 Å². The average molecular weight is 230 g/mol. The molecule has 17 heavy (non-hydrogen) atoms. The topological polar surface area (TPSA) is 38.1 Å². The van der Waals surface area contributed by atoms with E-state index in [2.05, 4.69) is 11.2 Å². The number of aryl methyl sites for hydroxylation is 4. The van der Waals surface area contributed by atoms with Gasteiger partial charge >= 0.3 is 0 Å². The molecule has 90 valence electrons. The third-order valence-electron chi connectivity index (χ3n) is 3.05. The van der Waals surface area contributed by atoms with E-state index in [9.17, 15) is 5.11 Å². The first-order valence-electron chi connectivity index (χ1n) is 5.75. The van der Waals surface area contributed by atoms with Crippen LogP contribution in [-0.2, 0) is 7.05 Å². The number of aliphatic hydroxyl groups excluding tert-OH is 1. The molecular weight excluding hydrogens is 212 g/mol. The van der Waals surface area contributed by atoms with Gasteiger partial charge in [-0.05, 0) is 38.0 Å². The van der Waals surface area contributed by atoms with Crippen LogP contribution in [0.2, 0.25) is 0 Å². The summed E-state index contributed by atoms with van der Waals surface area (Å²) in [6.45, 7) is 5.98. The Morgan fingerprint density at radius 3 is 2.47 bits per heavy atom. The second kappa shape index (κ2) is 4.34. The van der Waals surface area contributed by atoms with Crippen molar-refractivity contribution in [1.29, 1.82) is 0 Å². The van der Waals surface area contributed by atoms with Gasteiger partial charge in [0.15, 0.2) is 0 Å². The van der Waals surface area contributed by atoms with E-state index in [-0.39, 0.29) is 0 Å². The second-order valence-corrected chi connectivity index (χ2v) is 4.60. The van der Waals surface area contributed by atoms with E-state index in [1.54, 1.807) is 4.68 Å². The predicted octanol–water partition coefficient (Wildman–Crippen LogP) is 2.43. The molecule has 0 amide bonds. The number of benzene rings is 1. The first kappa shape index (κ1) is 11.9. The third kappa shape index (κ3) is 2.24. The summed E-state index contributed by atoms with van der Waals surface area (Å²) in [7, 11) is 1.86. The molecule has 1 unspecified atom stereocenters. The number of rotatable bonds is 2. The SMILES string of the molecule is Cc1ccc(C)c(C(O)c2cc(C)nn2C)c1. The molecule has 0 saturated carbocycles. The van der Waals surface area contributed by atoms with Crippen molar-refractivity contribution >= 4 is 0 Å². The summed E-state index contributed by atoms with van der Waals surface area (Å²) in [6, 6.07) is 8.05. The molecule has 0 fully saturated rings. The van der Waals surface area contributed by atoms with Crippen LogP contribution in [0.15, 0.2) is 24.3 Å². The van der Waals surface area contributed by atoms with Gasteiger partial charge in [-0.1, -0.05) is 23.8 Å². The molecule has 0 spiro atoms. The van der Waals surface area contributed by atoms with Gasteiger partial charge in [-0.15, -0.1) is 0 Å². The summed E-state index contributed by atoms with van der Waals surface area (Å²) in [6.07, 6.45) is -0.610. The summed E-state index contributed by atoms with van der Waals surface area (Å²) >= 11 is 0. The van der Waals surface area contributed by atoms with Crippen LogP contribution in [0.25, 0.3) is 0 Å². The third-order valence-corrected chi connectivity index (χ3v) is 3.05. The van der Waals surface area contributed by atoms with Crippen LogP contribution in [-0.4, -0.2) is 14.9 Å². The number of aliphatic hydroxyl groups is 1. The molecule has 3 nitrogen and oxygen atoms in total. The monoisotopic (exact) mass is 230 g/mol. The lowest BCUT2D eigenvalue weighted by Crippen LogP contribution is -2.08. The Hall–Kier alpha value is -1.61. The zero-order valence-corrected chi connectivity index (χ0v) is 10.7. The number of aromatic nitrogens is 2. The number of hydrogen-bond donors (Lipinski definition) is 1. The van der Waals surface area contributed by atoms with Crippen LogP contribution in [0.3, 0.4) is 0 Å². The highest BCUT2D eigenvalue weighted by Crippen LogP contribution is 2.25. The van der Waals surface area contributed by atoms with Gasteiger partial charge in [0.2, 0.25) is 0 Å². The maximum atomic E-state index is 10.4. The zero-order valence-electron chi connectivity index (χ0n) is 10.7. The minimum absolute atomic E-state index is 0.610. The highest BCUT2D eigenvalue weighted by atomic mass is 16.3. The second-order valence-electron chi connectivity index (χ2n) is 4.60. The van der Waals surface area contributed by atoms with E-state index in [1.807, 2.05) is 46.0 Å². The van der Waals surface area contributed by atoms with Gasteiger partial charge in [0.1, 0.15) is 6.10 Å². The molecule has 1 N–H and O–H groups in total. The summed E-state index contributed by atoms with van der Waals surface area (Å²) in [5, 5.41) is 14.7. The van der Waals surface area contributed by atoms with Crippen molar-refractivity contribution in [2.75, 3.05) is 0 Å². The molecule has 0 saturated heterocycles. The Bertz CT molecular complexity index is 543. The molecule has 0 aliphatic rings. The van der Waals surface area contributed by atoms with E-state index in [0.717, 1.165) is 28.1 Å². The summed E-state index contributed by atoms with van der Waals surface area (Å²) < 4.78 is 1.74. The standard InChI is InChI=1S/C14H18N2O/c1-9-5-6-10(2)12(7-9)14(17)13-8-11(3)15-16(13)4/h5-8,14,17H,1-4H3. The Labute approximate surface area is 102 Å². The minimum atomic E-state index is -0.610. The van der Waals surface area contributed by atoms with Crippen molar-refractivity contribution in [3.8, 4) is 0 Å². The maximum Gasteiger partial charge on any atom is 0.121 e. The molecular formula is C14H18N2O. The van der Waals surface area contributed by atoms with E-state index < -0.39 is 6.10 Å².